The van der Waals surface area contributed by atoms with Crippen LogP contribution in [0, 0.1) is 11.3 Å². The van der Waals surface area contributed by atoms with Gasteiger partial charge in [-0.25, -0.2) is 4.79 Å². The Kier molecular flexibility index (Phi) is 4.82. The minimum Gasteiger partial charge on any atom is -0.493 e. The topological polar surface area (TPSA) is 62.6 Å². The van der Waals surface area contributed by atoms with E-state index in [1.165, 1.54) is 12.0 Å². The highest BCUT2D eigenvalue weighted by atomic mass is 16.6. The largest absolute Gasteiger partial charge is 0.493 e. The average Bonchev–Trinajstić information content (AvgIpc) is 2.36. The summed E-state index contributed by atoms with van der Waals surface area (Å²) in [5, 5.41) is 8.42. The second-order valence-electron chi connectivity index (χ2n) is 3.35. The van der Waals surface area contributed by atoms with Crippen LogP contribution in [0.4, 0.5) is 4.79 Å². The molecule has 1 aromatic carbocycles. The van der Waals surface area contributed by atoms with Crippen LogP contribution in [0.25, 0.3) is 0 Å². The average molecular weight is 234 g/mol. The molecule has 1 amide bonds. The number of benzene rings is 1. The molecule has 0 unspecified atom stereocenters. The number of hydrogen-bond donors (Lipinski definition) is 0. The zero-order chi connectivity index (χ0) is 12.7. The van der Waals surface area contributed by atoms with Gasteiger partial charge < -0.3 is 14.4 Å². The summed E-state index contributed by atoms with van der Waals surface area (Å²) in [5.74, 6) is 0.860. The maximum atomic E-state index is 11.6. The van der Waals surface area contributed by atoms with Crippen LogP contribution < -0.4 is 9.47 Å². The summed E-state index contributed by atoms with van der Waals surface area (Å²) < 4.78 is 10.2. The molecule has 0 bridgehead atoms. The zero-order valence-corrected chi connectivity index (χ0v) is 9.84. The number of amides is 1. The van der Waals surface area contributed by atoms with Gasteiger partial charge in [-0.3, -0.25) is 0 Å². The molecule has 0 N–H and O–H groups in total. The van der Waals surface area contributed by atoms with Crippen LogP contribution in [-0.2, 0) is 0 Å². The van der Waals surface area contributed by atoms with Gasteiger partial charge in [0.05, 0.1) is 19.6 Å². The molecule has 5 heteroatoms. The van der Waals surface area contributed by atoms with E-state index in [2.05, 4.69) is 0 Å². The van der Waals surface area contributed by atoms with Gasteiger partial charge in [-0.15, -0.1) is 0 Å². The van der Waals surface area contributed by atoms with E-state index < -0.39 is 6.09 Å². The Morgan fingerprint density at radius 3 is 2.65 bits per heavy atom. The van der Waals surface area contributed by atoms with Crippen LogP contribution in [0.5, 0.6) is 11.5 Å². The number of methoxy groups -OCH3 is 1. The molecule has 0 aromatic heterocycles. The molecule has 0 atom stereocenters. The Hall–Kier alpha value is -2.22. The monoisotopic (exact) mass is 234 g/mol. The van der Waals surface area contributed by atoms with E-state index in [1.807, 2.05) is 6.07 Å². The van der Waals surface area contributed by atoms with Gasteiger partial charge in [0.25, 0.3) is 0 Å². The molecule has 0 spiro atoms. The molecular weight excluding hydrogens is 220 g/mol. The normalized spacial score (nSPS) is 9.24. The number of ether oxygens (including phenoxy) is 2. The highest BCUT2D eigenvalue weighted by Gasteiger charge is 2.13. The Morgan fingerprint density at radius 2 is 2.06 bits per heavy atom. The van der Waals surface area contributed by atoms with Gasteiger partial charge in [0.15, 0.2) is 11.5 Å². The lowest BCUT2D eigenvalue weighted by molar-refractivity contribution is 0.162. The van der Waals surface area contributed by atoms with Gasteiger partial charge in [-0.1, -0.05) is 12.1 Å². The van der Waals surface area contributed by atoms with Crippen molar-refractivity contribution in [2.45, 2.75) is 6.42 Å². The number of carbonyl (C=O) groups excluding carboxylic acids is 1. The second kappa shape index (κ2) is 6.38. The molecule has 0 saturated carbocycles. The predicted molar refractivity (Wildman–Crippen MR) is 61.9 cm³/mol. The minimum absolute atomic E-state index is 0.275. The lowest BCUT2D eigenvalue weighted by Crippen LogP contribution is -2.30. The molecular formula is C12H14N2O3. The number of nitrogens with zero attached hydrogens (tertiary/aromatic N) is 2. The third-order valence-corrected chi connectivity index (χ3v) is 2.14. The SMILES string of the molecule is COc1ccccc1OC(=O)N(C)CCC#N. The van der Waals surface area contributed by atoms with Crippen LogP contribution in [-0.4, -0.2) is 31.7 Å². The van der Waals surface area contributed by atoms with Crippen molar-refractivity contribution in [2.75, 3.05) is 20.7 Å². The Morgan fingerprint density at radius 1 is 1.41 bits per heavy atom. The van der Waals surface area contributed by atoms with E-state index in [0.29, 0.717) is 18.0 Å². The van der Waals surface area contributed by atoms with Crippen LogP contribution in [0.1, 0.15) is 6.42 Å². The smallest absolute Gasteiger partial charge is 0.415 e. The number of hydrogen-bond acceptors (Lipinski definition) is 4. The molecule has 0 aliphatic rings. The number of carbonyl (C=O) groups is 1. The molecule has 0 heterocycles. The Labute approximate surface area is 100 Å². The standard InChI is InChI=1S/C12H14N2O3/c1-14(9-5-8-13)12(15)17-11-7-4-3-6-10(11)16-2/h3-4,6-7H,5,9H2,1-2H3. The van der Waals surface area contributed by atoms with E-state index in [0.717, 1.165) is 0 Å². The lowest BCUT2D eigenvalue weighted by Gasteiger charge is -2.16. The first-order valence-corrected chi connectivity index (χ1v) is 5.12. The van der Waals surface area contributed by atoms with Crippen molar-refractivity contribution in [3.63, 3.8) is 0 Å². The predicted octanol–water partition coefficient (Wildman–Crippen LogP) is 2.04. The van der Waals surface area contributed by atoms with Gasteiger partial charge in [0.2, 0.25) is 0 Å². The Balaban J connectivity index is 2.64. The van der Waals surface area contributed by atoms with Crippen LogP contribution in [0.2, 0.25) is 0 Å². The molecule has 0 aliphatic heterocycles. The van der Waals surface area contributed by atoms with Gasteiger partial charge >= 0.3 is 6.09 Å². The number of nitriles is 1. The molecule has 0 radical (unpaired) electrons. The van der Waals surface area contributed by atoms with Crippen molar-refractivity contribution in [1.82, 2.24) is 4.90 Å². The van der Waals surface area contributed by atoms with Gasteiger partial charge in [-0.2, -0.15) is 5.26 Å². The van der Waals surface area contributed by atoms with Crippen LogP contribution >= 0.6 is 0 Å². The molecule has 17 heavy (non-hydrogen) atoms. The van der Waals surface area contributed by atoms with Crippen molar-refractivity contribution in [3.8, 4) is 17.6 Å². The first-order valence-electron chi connectivity index (χ1n) is 5.12. The lowest BCUT2D eigenvalue weighted by atomic mass is 10.3. The summed E-state index contributed by atoms with van der Waals surface area (Å²) in [4.78, 5) is 13.0. The number of para-hydroxylation sites is 2. The maximum Gasteiger partial charge on any atom is 0.415 e. The van der Waals surface area contributed by atoms with E-state index in [4.69, 9.17) is 14.7 Å². The maximum absolute atomic E-state index is 11.6. The van der Waals surface area contributed by atoms with E-state index in [-0.39, 0.29) is 6.42 Å². The summed E-state index contributed by atoms with van der Waals surface area (Å²) >= 11 is 0. The zero-order valence-electron chi connectivity index (χ0n) is 9.84. The van der Waals surface area contributed by atoms with Crippen molar-refractivity contribution < 1.29 is 14.3 Å². The third kappa shape index (κ3) is 3.68. The Bertz CT molecular complexity index is 426. The molecule has 1 aromatic rings. The molecule has 0 saturated heterocycles. The molecule has 1 rings (SSSR count). The first kappa shape index (κ1) is 12.8. The van der Waals surface area contributed by atoms with E-state index in [1.54, 1.807) is 31.3 Å². The van der Waals surface area contributed by atoms with Crippen molar-refractivity contribution in [1.29, 1.82) is 5.26 Å². The van der Waals surface area contributed by atoms with Crippen molar-refractivity contribution in [3.05, 3.63) is 24.3 Å². The highest BCUT2D eigenvalue weighted by molar-refractivity contribution is 5.71. The van der Waals surface area contributed by atoms with E-state index in [9.17, 15) is 4.79 Å². The number of rotatable bonds is 4. The van der Waals surface area contributed by atoms with Crippen molar-refractivity contribution >= 4 is 6.09 Å². The highest BCUT2D eigenvalue weighted by Crippen LogP contribution is 2.26. The molecule has 90 valence electrons. The summed E-state index contributed by atoms with van der Waals surface area (Å²) in [7, 11) is 3.08. The van der Waals surface area contributed by atoms with Gasteiger partial charge in [-0.05, 0) is 12.1 Å². The van der Waals surface area contributed by atoms with Gasteiger partial charge in [0.1, 0.15) is 0 Å². The molecule has 0 fully saturated rings. The third-order valence-electron chi connectivity index (χ3n) is 2.14. The van der Waals surface area contributed by atoms with Crippen molar-refractivity contribution in [2.24, 2.45) is 0 Å². The second-order valence-corrected chi connectivity index (χ2v) is 3.35. The fourth-order valence-electron chi connectivity index (χ4n) is 1.18. The van der Waals surface area contributed by atoms with Gasteiger partial charge in [0, 0.05) is 13.6 Å². The first-order chi connectivity index (χ1) is 8.19. The fraction of sp³-hybridized carbons (Fsp3) is 0.333. The quantitative estimate of drug-likeness (QED) is 0.799. The van der Waals surface area contributed by atoms with Crippen LogP contribution in [0.3, 0.4) is 0 Å². The minimum atomic E-state index is -0.509. The molecule has 0 aliphatic carbocycles. The fourth-order valence-corrected chi connectivity index (χ4v) is 1.18. The summed E-state index contributed by atoms with van der Waals surface area (Å²) in [6.45, 7) is 0.338. The van der Waals surface area contributed by atoms with E-state index >= 15 is 0 Å². The summed E-state index contributed by atoms with van der Waals surface area (Å²) in [6, 6.07) is 8.86. The summed E-state index contributed by atoms with van der Waals surface area (Å²) in [5.41, 5.74) is 0. The van der Waals surface area contributed by atoms with Crippen LogP contribution in [0.15, 0.2) is 24.3 Å². The summed E-state index contributed by atoms with van der Waals surface area (Å²) in [6.07, 6.45) is -0.234. The molecule has 5 nitrogen and oxygen atoms in total.